The minimum atomic E-state index is 0.0723. The highest BCUT2D eigenvalue weighted by Gasteiger charge is 2.39. The van der Waals surface area contributed by atoms with Crippen LogP contribution in [-0.4, -0.2) is 23.5 Å². The Labute approximate surface area is 129 Å². The van der Waals surface area contributed by atoms with E-state index < -0.39 is 0 Å². The minimum Gasteiger partial charge on any atom is -0.296 e. The number of nitrogens with zero attached hydrogens (tertiary/aromatic N) is 1. The van der Waals surface area contributed by atoms with Crippen molar-refractivity contribution in [2.24, 2.45) is 5.84 Å². The van der Waals surface area contributed by atoms with Crippen molar-refractivity contribution < 1.29 is 0 Å². The van der Waals surface area contributed by atoms with Gasteiger partial charge in [-0.1, -0.05) is 44.5 Å². The molecule has 3 N–H and O–H groups in total. The van der Waals surface area contributed by atoms with Crippen LogP contribution in [0.2, 0.25) is 0 Å². The summed E-state index contributed by atoms with van der Waals surface area (Å²) in [6.07, 6.45) is 6.15. The molecule has 0 aromatic heterocycles. The number of rotatable bonds is 6. The lowest BCUT2D eigenvalue weighted by Crippen LogP contribution is -2.57. The Morgan fingerprint density at radius 1 is 1.14 bits per heavy atom. The molecule has 0 spiro atoms. The number of likely N-dealkylation sites (tertiary alicyclic amines) is 1. The van der Waals surface area contributed by atoms with Gasteiger partial charge in [-0.2, -0.15) is 0 Å². The third-order valence-electron chi connectivity index (χ3n) is 5.30. The molecule has 3 nitrogen and oxygen atoms in total. The van der Waals surface area contributed by atoms with Gasteiger partial charge in [0.25, 0.3) is 0 Å². The number of nitrogens with two attached hydrogens (primary N) is 1. The van der Waals surface area contributed by atoms with E-state index in [0.717, 1.165) is 12.8 Å². The molecule has 0 aliphatic carbocycles. The van der Waals surface area contributed by atoms with E-state index in [2.05, 4.69) is 55.4 Å². The summed E-state index contributed by atoms with van der Waals surface area (Å²) in [6, 6.07) is 9.10. The molecule has 0 radical (unpaired) electrons. The molecule has 2 unspecified atom stereocenters. The fraction of sp³-hybridized carbons (Fsp3) is 0.667. The van der Waals surface area contributed by atoms with Crippen molar-refractivity contribution in [3.63, 3.8) is 0 Å². The molecule has 1 fully saturated rings. The molecule has 0 bridgehead atoms. The molecule has 1 heterocycles. The van der Waals surface area contributed by atoms with Crippen LogP contribution in [0.25, 0.3) is 0 Å². The predicted octanol–water partition coefficient (Wildman–Crippen LogP) is 3.41. The Balaban J connectivity index is 2.26. The smallest absolute Gasteiger partial charge is 0.0641 e. The molecular weight excluding hydrogens is 258 g/mol. The number of benzene rings is 1. The lowest BCUT2D eigenvalue weighted by atomic mass is 9.82. The number of aryl methyl sites for hydroxylation is 1. The van der Waals surface area contributed by atoms with Gasteiger partial charge in [-0.05, 0) is 56.8 Å². The molecule has 2 atom stereocenters. The molecule has 0 amide bonds. The van der Waals surface area contributed by atoms with Crippen LogP contribution in [-0.2, 0) is 6.42 Å². The second-order valence-electron chi connectivity index (χ2n) is 6.45. The fourth-order valence-electron chi connectivity index (χ4n) is 3.60. The highest BCUT2D eigenvalue weighted by molar-refractivity contribution is 5.27. The van der Waals surface area contributed by atoms with Gasteiger partial charge < -0.3 is 0 Å². The van der Waals surface area contributed by atoms with Crippen LogP contribution in [0.1, 0.15) is 63.6 Å². The topological polar surface area (TPSA) is 41.3 Å². The first-order valence-corrected chi connectivity index (χ1v) is 8.45. The Morgan fingerprint density at radius 3 is 2.24 bits per heavy atom. The van der Waals surface area contributed by atoms with Crippen LogP contribution < -0.4 is 11.3 Å². The summed E-state index contributed by atoms with van der Waals surface area (Å²) >= 11 is 0. The number of hydrogen-bond acceptors (Lipinski definition) is 3. The van der Waals surface area contributed by atoms with Gasteiger partial charge >= 0.3 is 0 Å². The maximum Gasteiger partial charge on any atom is 0.0641 e. The van der Waals surface area contributed by atoms with E-state index in [1.165, 1.54) is 43.5 Å². The number of piperidine rings is 1. The van der Waals surface area contributed by atoms with E-state index >= 15 is 0 Å². The lowest BCUT2D eigenvalue weighted by Gasteiger charge is -2.48. The lowest BCUT2D eigenvalue weighted by molar-refractivity contribution is 0.0424. The van der Waals surface area contributed by atoms with Crippen molar-refractivity contribution >= 4 is 0 Å². The summed E-state index contributed by atoms with van der Waals surface area (Å²) in [4.78, 5) is 2.63. The van der Waals surface area contributed by atoms with Crippen LogP contribution in [0.3, 0.4) is 0 Å². The zero-order valence-corrected chi connectivity index (χ0v) is 13.9. The largest absolute Gasteiger partial charge is 0.296 e. The number of hydrogen-bond donors (Lipinski definition) is 2. The van der Waals surface area contributed by atoms with Crippen LogP contribution in [0, 0.1) is 0 Å². The van der Waals surface area contributed by atoms with Crippen LogP contribution in [0.5, 0.6) is 0 Å². The molecule has 1 aromatic rings. The van der Waals surface area contributed by atoms with Crippen molar-refractivity contribution in [2.75, 3.05) is 13.1 Å². The van der Waals surface area contributed by atoms with Gasteiger partial charge in [0.1, 0.15) is 0 Å². The predicted molar refractivity (Wildman–Crippen MR) is 90.0 cm³/mol. The maximum absolute atomic E-state index is 5.97. The van der Waals surface area contributed by atoms with E-state index in [1.54, 1.807) is 0 Å². The quantitative estimate of drug-likeness (QED) is 0.623. The second kappa shape index (κ2) is 7.39. The van der Waals surface area contributed by atoms with Crippen molar-refractivity contribution in [3.05, 3.63) is 35.4 Å². The Morgan fingerprint density at radius 2 is 1.76 bits per heavy atom. The molecule has 1 aromatic carbocycles. The monoisotopic (exact) mass is 289 g/mol. The summed E-state index contributed by atoms with van der Waals surface area (Å²) in [5, 5.41) is 0. The van der Waals surface area contributed by atoms with Crippen molar-refractivity contribution in [2.45, 2.75) is 64.5 Å². The second-order valence-corrected chi connectivity index (χ2v) is 6.45. The maximum atomic E-state index is 5.97. The van der Waals surface area contributed by atoms with Crippen LogP contribution in [0.4, 0.5) is 0 Å². The Hall–Kier alpha value is -0.900. The van der Waals surface area contributed by atoms with Crippen LogP contribution >= 0.6 is 0 Å². The summed E-state index contributed by atoms with van der Waals surface area (Å²) in [5.74, 6) is 5.97. The van der Waals surface area contributed by atoms with Gasteiger partial charge in [0.2, 0.25) is 0 Å². The van der Waals surface area contributed by atoms with E-state index in [9.17, 15) is 0 Å². The van der Waals surface area contributed by atoms with Gasteiger partial charge in [0, 0.05) is 5.54 Å². The first kappa shape index (κ1) is 16.5. The number of nitrogens with one attached hydrogen (secondary N) is 1. The molecule has 2 rings (SSSR count). The molecule has 1 saturated heterocycles. The van der Waals surface area contributed by atoms with Crippen molar-refractivity contribution in [1.82, 2.24) is 10.3 Å². The van der Waals surface area contributed by atoms with E-state index in [-0.39, 0.29) is 11.6 Å². The van der Waals surface area contributed by atoms with Gasteiger partial charge in [-0.25, -0.2) is 0 Å². The molecule has 118 valence electrons. The molecular formula is C18H31N3. The Kier molecular flexibility index (Phi) is 5.80. The number of hydrazine groups is 1. The normalized spacial score (nSPS) is 21.0. The van der Waals surface area contributed by atoms with E-state index in [0.29, 0.717) is 0 Å². The summed E-state index contributed by atoms with van der Waals surface area (Å²) in [6.45, 7) is 9.21. The SMILES string of the molecule is CCc1ccc(C(NN)C(C)(CC)N2CCCCC2)cc1. The minimum absolute atomic E-state index is 0.0723. The van der Waals surface area contributed by atoms with Gasteiger partial charge in [0.15, 0.2) is 0 Å². The highest BCUT2D eigenvalue weighted by Crippen LogP contribution is 2.35. The van der Waals surface area contributed by atoms with E-state index in [1.807, 2.05) is 0 Å². The third-order valence-corrected chi connectivity index (χ3v) is 5.30. The third kappa shape index (κ3) is 3.47. The van der Waals surface area contributed by atoms with Crippen LogP contribution in [0.15, 0.2) is 24.3 Å². The van der Waals surface area contributed by atoms with E-state index in [4.69, 9.17) is 5.84 Å². The average molecular weight is 289 g/mol. The standard InChI is InChI=1S/C18H31N3/c1-4-15-9-11-16(12-10-15)17(20-19)18(3,5-2)21-13-7-6-8-14-21/h9-12,17,20H,4-8,13-14,19H2,1-3H3. The van der Waals surface area contributed by atoms with Gasteiger partial charge in [0.05, 0.1) is 6.04 Å². The van der Waals surface area contributed by atoms with Gasteiger partial charge in [-0.15, -0.1) is 0 Å². The first-order valence-electron chi connectivity index (χ1n) is 8.45. The first-order chi connectivity index (χ1) is 10.2. The fourth-order valence-corrected chi connectivity index (χ4v) is 3.60. The summed E-state index contributed by atoms with van der Waals surface area (Å²) < 4.78 is 0. The molecule has 21 heavy (non-hydrogen) atoms. The molecule has 1 aliphatic rings. The zero-order valence-electron chi connectivity index (χ0n) is 13.9. The molecule has 3 heteroatoms. The molecule has 0 saturated carbocycles. The summed E-state index contributed by atoms with van der Waals surface area (Å²) in [7, 11) is 0. The zero-order chi connectivity index (χ0) is 15.3. The molecule has 1 aliphatic heterocycles. The average Bonchev–Trinajstić information content (AvgIpc) is 2.56. The van der Waals surface area contributed by atoms with Crippen molar-refractivity contribution in [1.29, 1.82) is 0 Å². The van der Waals surface area contributed by atoms with Crippen molar-refractivity contribution in [3.8, 4) is 0 Å². The van der Waals surface area contributed by atoms with Gasteiger partial charge in [-0.3, -0.25) is 16.2 Å². The summed E-state index contributed by atoms with van der Waals surface area (Å²) in [5.41, 5.74) is 5.85. The Bertz CT molecular complexity index is 423. The highest BCUT2D eigenvalue weighted by atomic mass is 15.3.